The lowest BCUT2D eigenvalue weighted by atomic mass is 10.1. The van der Waals surface area contributed by atoms with Crippen LogP contribution in [-0.4, -0.2) is 26.4 Å². The van der Waals surface area contributed by atoms with E-state index in [4.69, 9.17) is 14.2 Å². The summed E-state index contributed by atoms with van der Waals surface area (Å²) in [5.74, 6) is 1.70. The highest BCUT2D eigenvalue weighted by Gasteiger charge is 2.18. The molecule has 5 heteroatoms. The van der Waals surface area contributed by atoms with Crippen LogP contribution in [0.3, 0.4) is 0 Å². The molecule has 0 fully saturated rings. The highest BCUT2D eigenvalue weighted by Crippen LogP contribution is 2.47. The van der Waals surface area contributed by atoms with E-state index in [0.717, 1.165) is 5.39 Å². The molecule has 0 amide bonds. The highest BCUT2D eigenvalue weighted by atomic mass is 79.9. The van der Waals surface area contributed by atoms with Gasteiger partial charge in [0.15, 0.2) is 11.5 Å². The van der Waals surface area contributed by atoms with Gasteiger partial charge in [-0.3, -0.25) is 0 Å². The first-order chi connectivity index (χ1) is 8.63. The van der Waals surface area contributed by atoms with Crippen molar-refractivity contribution in [1.29, 1.82) is 0 Å². The first-order valence-electron chi connectivity index (χ1n) is 5.24. The normalized spacial score (nSPS) is 10.4. The SMILES string of the molecule is COc1cc(OC)c2ccc(Br)c(O)c2c1OC. The Bertz CT molecular complexity index is 595. The summed E-state index contributed by atoms with van der Waals surface area (Å²) in [7, 11) is 4.64. The Morgan fingerprint density at radius 1 is 1.00 bits per heavy atom. The van der Waals surface area contributed by atoms with Gasteiger partial charge in [-0.15, -0.1) is 0 Å². The van der Waals surface area contributed by atoms with Crippen molar-refractivity contribution in [1.82, 2.24) is 0 Å². The van der Waals surface area contributed by atoms with E-state index >= 15 is 0 Å². The number of halogens is 1. The first kappa shape index (κ1) is 12.8. The minimum atomic E-state index is 0.0987. The van der Waals surface area contributed by atoms with Gasteiger partial charge in [0.05, 0.1) is 31.2 Å². The van der Waals surface area contributed by atoms with E-state index in [0.29, 0.717) is 27.1 Å². The van der Waals surface area contributed by atoms with Gasteiger partial charge in [-0.25, -0.2) is 0 Å². The number of benzene rings is 2. The maximum absolute atomic E-state index is 10.2. The van der Waals surface area contributed by atoms with E-state index in [1.54, 1.807) is 19.2 Å². The molecule has 0 saturated carbocycles. The molecule has 1 N–H and O–H groups in total. The van der Waals surface area contributed by atoms with Crippen molar-refractivity contribution in [2.75, 3.05) is 21.3 Å². The number of hydrogen-bond acceptors (Lipinski definition) is 4. The second-order valence-electron chi connectivity index (χ2n) is 3.63. The summed E-state index contributed by atoms with van der Waals surface area (Å²) in [6.07, 6.45) is 0. The average Bonchev–Trinajstić information content (AvgIpc) is 2.40. The monoisotopic (exact) mass is 312 g/mol. The lowest BCUT2D eigenvalue weighted by Crippen LogP contribution is -1.95. The number of rotatable bonds is 3. The molecular formula is C13H13BrO4. The van der Waals surface area contributed by atoms with Crippen molar-refractivity contribution in [3.63, 3.8) is 0 Å². The third-order valence-electron chi connectivity index (χ3n) is 2.75. The molecule has 2 rings (SSSR count). The zero-order chi connectivity index (χ0) is 13.3. The molecule has 2 aromatic rings. The van der Waals surface area contributed by atoms with E-state index in [9.17, 15) is 5.11 Å². The lowest BCUT2D eigenvalue weighted by molar-refractivity contribution is 0.352. The number of methoxy groups -OCH3 is 3. The lowest BCUT2D eigenvalue weighted by Gasteiger charge is -2.15. The van der Waals surface area contributed by atoms with Gasteiger partial charge in [0.1, 0.15) is 11.5 Å². The zero-order valence-corrected chi connectivity index (χ0v) is 11.9. The Kier molecular flexibility index (Phi) is 3.52. The molecule has 18 heavy (non-hydrogen) atoms. The van der Waals surface area contributed by atoms with Crippen molar-refractivity contribution in [2.24, 2.45) is 0 Å². The second-order valence-corrected chi connectivity index (χ2v) is 4.49. The fourth-order valence-corrected chi connectivity index (χ4v) is 2.24. The summed E-state index contributed by atoms with van der Waals surface area (Å²) in [6, 6.07) is 5.33. The molecule has 0 aliphatic rings. The predicted molar refractivity (Wildman–Crippen MR) is 73.0 cm³/mol. The third kappa shape index (κ3) is 1.84. The van der Waals surface area contributed by atoms with Crippen LogP contribution in [0.4, 0.5) is 0 Å². The van der Waals surface area contributed by atoms with Gasteiger partial charge >= 0.3 is 0 Å². The van der Waals surface area contributed by atoms with Crippen molar-refractivity contribution in [3.05, 3.63) is 22.7 Å². The molecule has 0 aliphatic heterocycles. The van der Waals surface area contributed by atoms with Crippen molar-refractivity contribution < 1.29 is 19.3 Å². The third-order valence-corrected chi connectivity index (χ3v) is 3.39. The highest BCUT2D eigenvalue weighted by molar-refractivity contribution is 9.10. The van der Waals surface area contributed by atoms with Gasteiger partial charge in [-0.2, -0.15) is 0 Å². The van der Waals surface area contributed by atoms with Crippen molar-refractivity contribution in [2.45, 2.75) is 0 Å². The van der Waals surface area contributed by atoms with Crippen LogP contribution < -0.4 is 14.2 Å². The van der Waals surface area contributed by atoms with Crippen LogP contribution in [0.15, 0.2) is 22.7 Å². The Morgan fingerprint density at radius 3 is 2.22 bits per heavy atom. The molecule has 0 spiro atoms. The molecule has 0 heterocycles. The van der Waals surface area contributed by atoms with Gasteiger partial charge in [0.25, 0.3) is 0 Å². The van der Waals surface area contributed by atoms with Gasteiger partial charge in [0.2, 0.25) is 0 Å². The molecule has 4 nitrogen and oxygen atoms in total. The number of fused-ring (bicyclic) bond motifs is 1. The smallest absolute Gasteiger partial charge is 0.172 e. The molecule has 0 radical (unpaired) electrons. The predicted octanol–water partition coefficient (Wildman–Crippen LogP) is 3.33. The van der Waals surface area contributed by atoms with Crippen LogP contribution in [0.5, 0.6) is 23.0 Å². The van der Waals surface area contributed by atoms with Crippen LogP contribution in [0, 0.1) is 0 Å². The fourth-order valence-electron chi connectivity index (χ4n) is 1.91. The first-order valence-corrected chi connectivity index (χ1v) is 6.03. The Morgan fingerprint density at radius 2 is 1.67 bits per heavy atom. The Hall–Kier alpha value is -1.62. The van der Waals surface area contributed by atoms with Gasteiger partial charge < -0.3 is 19.3 Å². The van der Waals surface area contributed by atoms with Gasteiger partial charge in [0, 0.05) is 11.5 Å². The van der Waals surface area contributed by atoms with Crippen LogP contribution in [0.2, 0.25) is 0 Å². The molecule has 0 aromatic heterocycles. The fraction of sp³-hybridized carbons (Fsp3) is 0.231. The van der Waals surface area contributed by atoms with E-state index in [1.165, 1.54) is 14.2 Å². The second kappa shape index (κ2) is 4.94. The van der Waals surface area contributed by atoms with Crippen LogP contribution in [0.1, 0.15) is 0 Å². The van der Waals surface area contributed by atoms with E-state index < -0.39 is 0 Å². The van der Waals surface area contributed by atoms with Crippen LogP contribution in [-0.2, 0) is 0 Å². The quantitative estimate of drug-likeness (QED) is 0.944. The van der Waals surface area contributed by atoms with Crippen LogP contribution in [0.25, 0.3) is 10.8 Å². The maximum Gasteiger partial charge on any atom is 0.172 e. The number of phenolic OH excluding ortho intramolecular Hbond substituents is 1. The number of aromatic hydroxyl groups is 1. The molecule has 0 bridgehead atoms. The topological polar surface area (TPSA) is 47.9 Å². The molecule has 0 saturated heterocycles. The molecule has 0 aliphatic carbocycles. The number of hydrogen-bond donors (Lipinski definition) is 1. The van der Waals surface area contributed by atoms with Gasteiger partial charge in [-0.05, 0) is 28.1 Å². The Balaban J connectivity index is 2.96. The molecule has 0 atom stereocenters. The van der Waals surface area contributed by atoms with Crippen molar-refractivity contribution >= 4 is 26.7 Å². The average molecular weight is 313 g/mol. The molecule has 96 valence electrons. The largest absolute Gasteiger partial charge is 0.506 e. The molecular weight excluding hydrogens is 300 g/mol. The van der Waals surface area contributed by atoms with E-state index in [-0.39, 0.29) is 5.75 Å². The minimum absolute atomic E-state index is 0.0987. The van der Waals surface area contributed by atoms with E-state index in [2.05, 4.69) is 15.9 Å². The molecule has 2 aromatic carbocycles. The number of ether oxygens (including phenoxy) is 3. The van der Waals surface area contributed by atoms with Crippen molar-refractivity contribution in [3.8, 4) is 23.0 Å². The summed E-state index contributed by atoms with van der Waals surface area (Å²) in [5.41, 5.74) is 0. The molecule has 0 unspecified atom stereocenters. The summed E-state index contributed by atoms with van der Waals surface area (Å²) in [5, 5.41) is 11.5. The summed E-state index contributed by atoms with van der Waals surface area (Å²) < 4.78 is 16.5. The van der Waals surface area contributed by atoms with Crippen LogP contribution >= 0.6 is 15.9 Å². The number of phenols is 1. The van der Waals surface area contributed by atoms with Gasteiger partial charge in [-0.1, -0.05) is 0 Å². The summed E-state index contributed by atoms with van der Waals surface area (Å²) in [4.78, 5) is 0. The standard InChI is InChI=1S/C13H13BrO4/c1-16-9-6-10(17-2)13(18-3)11-7(9)4-5-8(14)12(11)15/h4-6,15H,1-3H3. The summed E-state index contributed by atoms with van der Waals surface area (Å²) in [6.45, 7) is 0. The Labute approximate surface area is 113 Å². The van der Waals surface area contributed by atoms with E-state index in [1.807, 2.05) is 6.07 Å². The summed E-state index contributed by atoms with van der Waals surface area (Å²) >= 11 is 3.29. The minimum Gasteiger partial charge on any atom is -0.506 e. The zero-order valence-electron chi connectivity index (χ0n) is 10.3. The maximum atomic E-state index is 10.2.